The zero-order chi connectivity index (χ0) is 14.5. The lowest BCUT2D eigenvalue weighted by atomic mass is 10.1. The smallest absolute Gasteiger partial charge is 0.227 e. The first-order chi connectivity index (χ1) is 9.65. The Bertz CT molecular complexity index is 604. The van der Waals surface area contributed by atoms with E-state index in [4.69, 9.17) is 10.6 Å². The van der Waals surface area contributed by atoms with Crippen LogP contribution in [0.4, 0.5) is 5.82 Å². The number of benzene rings is 1. The maximum atomic E-state index is 5.87. The molecule has 0 saturated carbocycles. The van der Waals surface area contributed by atoms with Gasteiger partial charge in [0.05, 0.1) is 5.56 Å². The minimum atomic E-state index is 0.538. The van der Waals surface area contributed by atoms with Crippen LogP contribution < -0.4 is 16.0 Å². The number of halogens is 1. The topological polar surface area (TPSA) is 73.1 Å². The minimum Gasteiger partial charge on any atom is -0.439 e. The van der Waals surface area contributed by atoms with Gasteiger partial charge in [-0.3, -0.25) is 0 Å². The monoisotopic (exact) mass is 336 g/mol. The van der Waals surface area contributed by atoms with Gasteiger partial charge in [0, 0.05) is 4.47 Å². The van der Waals surface area contributed by atoms with E-state index in [2.05, 4.69) is 38.2 Å². The number of rotatable bonds is 5. The molecule has 106 valence electrons. The molecule has 1 aromatic carbocycles. The van der Waals surface area contributed by atoms with E-state index in [-0.39, 0.29) is 0 Å². The number of hydrogen-bond acceptors (Lipinski definition) is 5. The van der Waals surface area contributed by atoms with E-state index in [1.807, 2.05) is 25.1 Å². The molecule has 0 aliphatic rings. The van der Waals surface area contributed by atoms with Crippen molar-refractivity contribution in [2.24, 2.45) is 5.84 Å². The molecule has 2 aromatic rings. The van der Waals surface area contributed by atoms with Crippen molar-refractivity contribution >= 4 is 21.7 Å². The van der Waals surface area contributed by atoms with Gasteiger partial charge in [-0.25, -0.2) is 15.8 Å². The number of hydrazine groups is 1. The van der Waals surface area contributed by atoms with Crippen LogP contribution in [-0.2, 0) is 6.42 Å². The first-order valence-corrected chi connectivity index (χ1v) is 7.19. The van der Waals surface area contributed by atoms with E-state index in [0.29, 0.717) is 11.7 Å². The van der Waals surface area contributed by atoms with Gasteiger partial charge in [0.1, 0.15) is 17.9 Å². The third kappa shape index (κ3) is 3.26. The molecule has 0 unspecified atom stereocenters. The zero-order valence-electron chi connectivity index (χ0n) is 11.5. The highest BCUT2D eigenvalue weighted by atomic mass is 79.9. The first kappa shape index (κ1) is 14.7. The van der Waals surface area contributed by atoms with E-state index in [9.17, 15) is 0 Å². The standard InChI is InChI=1S/C14H17BrN4O/c1-3-4-11-13(19-16)17-8-18-14(11)20-10-5-6-12(15)9(2)7-10/h5-8H,3-4,16H2,1-2H3,(H,17,18,19). The molecule has 0 fully saturated rings. The van der Waals surface area contributed by atoms with E-state index >= 15 is 0 Å². The summed E-state index contributed by atoms with van der Waals surface area (Å²) in [5, 5.41) is 0. The fourth-order valence-corrected chi connectivity index (χ4v) is 2.12. The van der Waals surface area contributed by atoms with Crippen LogP contribution >= 0.6 is 15.9 Å². The van der Waals surface area contributed by atoms with Gasteiger partial charge >= 0.3 is 0 Å². The number of aromatic nitrogens is 2. The average Bonchev–Trinajstić information content (AvgIpc) is 2.45. The van der Waals surface area contributed by atoms with E-state index < -0.39 is 0 Å². The van der Waals surface area contributed by atoms with Crippen molar-refractivity contribution in [1.82, 2.24) is 9.97 Å². The Kier molecular flexibility index (Phi) is 4.92. The van der Waals surface area contributed by atoms with Crippen LogP contribution in [0.1, 0.15) is 24.5 Å². The Balaban J connectivity index is 2.34. The molecular weight excluding hydrogens is 320 g/mol. The average molecular weight is 337 g/mol. The molecule has 0 aliphatic heterocycles. The Morgan fingerprint density at radius 1 is 1.35 bits per heavy atom. The van der Waals surface area contributed by atoms with Crippen LogP contribution in [0.3, 0.4) is 0 Å². The fourth-order valence-electron chi connectivity index (χ4n) is 1.88. The lowest BCUT2D eigenvalue weighted by molar-refractivity contribution is 0.454. The summed E-state index contributed by atoms with van der Waals surface area (Å²) >= 11 is 3.47. The van der Waals surface area contributed by atoms with Gasteiger partial charge < -0.3 is 10.2 Å². The lowest BCUT2D eigenvalue weighted by Crippen LogP contribution is -2.12. The van der Waals surface area contributed by atoms with Crippen LogP contribution in [0.2, 0.25) is 0 Å². The van der Waals surface area contributed by atoms with Crippen LogP contribution in [0.5, 0.6) is 11.6 Å². The first-order valence-electron chi connectivity index (χ1n) is 6.40. The normalized spacial score (nSPS) is 10.4. The molecule has 1 heterocycles. The highest BCUT2D eigenvalue weighted by Gasteiger charge is 2.12. The number of aryl methyl sites for hydroxylation is 1. The Morgan fingerprint density at radius 2 is 2.15 bits per heavy atom. The Labute approximate surface area is 126 Å². The van der Waals surface area contributed by atoms with Gasteiger partial charge in [-0.1, -0.05) is 29.3 Å². The van der Waals surface area contributed by atoms with Gasteiger partial charge in [-0.05, 0) is 37.1 Å². The van der Waals surface area contributed by atoms with Crippen molar-refractivity contribution in [1.29, 1.82) is 0 Å². The van der Waals surface area contributed by atoms with Gasteiger partial charge in [-0.15, -0.1) is 0 Å². The Hall–Kier alpha value is -1.66. The fraction of sp³-hybridized carbons (Fsp3) is 0.286. The second kappa shape index (κ2) is 6.67. The molecule has 1 aromatic heterocycles. The number of nitrogens with one attached hydrogen (secondary N) is 1. The van der Waals surface area contributed by atoms with Gasteiger partial charge in [-0.2, -0.15) is 0 Å². The summed E-state index contributed by atoms with van der Waals surface area (Å²) in [6.45, 7) is 4.09. The quantitative estimate of drug-likeness (QED) is 0.644. The van der Waals surface area contributed by atoms with Crippen molar-refractivity contribution in [2.75, 3.05) is 5.43 Å². The molecular formula is C14H17BrN4O. The van der Waals surface area contributed by atoms with Crippen molar-refractivity contribution in [3.05, 3.63) is 40.1 Å². The zero-order valence-corrected chi connectivity index (χ0v) is 13.1. The number of nitrogen functional groups attached to an aromatic ring is 1. The summed E-state index contributed by atoms with van der Waals surface area (Å²) in [6.07, 6.45) is 3.19. The van der Waals surface area contributed by atoms with Gasteiger partial charge in [0.2, 0.25) is 5.88 Å². The lowest BCUT2D eigenvalue weighted by Gasteiger charge is -2.13. The van der Waals surface area contributed by atoms with Crippen molar-refractivity contribution in [3.8, 4) is 11.6 Å². The number of ether oxygens (including phenoxy) is 1. The summed E-state index contributed by atoms with van der Waals surface area (Å²) in [5.41, 5.74) is 4.58. The predicted molar refractivity (Wildman–Crippen MR) is 82.8 cm³/mol. The van der Waals surface area contributed by atoms with Gasteiger partial charge in [0.15, 0.2) is 0 Å². The van der Waals surface area contributed by atoms with Crippen LogP contribution in [0, 0.1) is 6.92 Å². The molecule has 5 nitrogen and oxygen atoms in total. The molecule has 0 radical (unpaired) electrons. The molecule has 0 atom stereocenters. The number of nitrogens with two attached hydrogens (primary N) is 1. The number of nitrogens with zero attached hydrogens (tertiary/aromatic N) is 2. The molecule has 0 bridgehead atoms. The highest BCUT2D eigenvalue weighted by Crippen LogP contribution is 2.29. The largest absolute Gasteiger partial charge is 0.439 e. The molecule has 0 saturated heterocycles. The van der Waals surface area contributed by atoms with Crippen LogP contribution in [-0.4, -0.2) is 9.97 Å². The second-order valence-electron chi connectivity index (χ2n) is 4.41. The summed E-state index contributed by atoms with van der Waals surface area (Å²) in [5.74, 6) is 7.37. The third-order valence-electron chi connectivity index (χ3n) is 2.89. The van der Waals surface area contributed by atoms with Crippen LogP contribution in [0.25, 0.3) is 0 Å². The van der Waals surface area contributed by atoms with Crippen LogP contribution in [0.15, 0.2) is 29.0 Å². The summed E-state index contributed by atoms with van der Waals surface area (Å²) in [6, 6.07) is 5.80. The maximum absolute atomic E-state index is 5.87. The summed E-state index contributed by atoms with van der Waals surface area (Å²) in [7, 11) is 0. The maximum Gasteiger partial charge on any atom is 0.227 e. The summed E-state index contributed by atoms with van der Waals surface area (Å²) in [4.78, 5) is 8.33. The molecule has 3 N–H and O–H groups in total. The molecule has 6 heteroatoms. The molecule has 0 spiro atoms. The van der Waals surface area contributed by atoms with E-state index in [1.165, 1.54) is 6.33 Å². The van der Waals surface area contributed by atoms with E-state index in [1.54, 1.807) is 0 Å². The van der Waals surface area contributed by atoms with Crippen molar-refractivity contribution < 1.29 is 4.74 Å². The second-order valence-corrected chi connectivity index (χ2v) is 5.27. The molecule has 2 rings (SSSR count). The predicted octanol–water partition coefficient (Wildman–Crippen LogP) is 3.58. The SMILES string of the molecule is CCCc1c(NN)ncnc1Oc1ccc(Br)c(C)c1. The molecule has 0 aliphatic carbocycles. The Morgan fingerprint density at radius 3 is 2.80 bits per heavy atom. The number of anilines is 1. The van der Waals surface area contributed by atoms with Gasteiger partial charge in [0.25, 0.3) is 0 Å². The highest BCUT2D eigenvalue weighted by molar-refractivity contribution is 9.10. The van der Waals surface area contributed by atoms with Crippen molar-refractivity contribution in [2.45, 2.75) is 26.7 Å². The number of hydrogen-bond donors (Lipinski definition) is 2. The summed E-state index contributed by atoms with van der Waals surface area (Å²) < 4.78 is 6.92. The minimum absolute atomic E-state index is 0.538. The van der Waals surface area contributed by atoms with E-state index in [0.717, 1.165) is 34.2 Å². The molecule has 0 amide bonds. The molecule has 20 heavy (non-hydrogen) atoms. The third-order valence-corrected chi connectivity index (χ3v) is 3.78. The van der Waals surface area contributed by atoms with Crippen molar-refractivity contribution in [3.63, 3.8) is 0 Å².